The number of aromatic nitrogens is 2. The molecular formula is C19H22FN4O2S+. The van der Waals surface area contributed by atoms with Crippen molar-refractivity contribution in [2.75, 3.05) is 18.4 Å². The number of hydrogen-bond donors (Lipinski definition) is 2. The highest BCUT2D eigenvalue weighted by Crippen LogP contribution is 2.22. The van der Waals surface area contributed by atoms with Crippen molar-refractivity contribution in [3.63, 3.8) is 0 Å². The summed E-state index contributed by atoms with van der Waals surface area (Å²) in [6.45, 7) is 5.24. The van der Waals surface area contributed by atoms with Gasteiger partial charge in [0.05, 0.1) is 17.1 Å². The molecule has 0 aliphatic rings. The number of halogens is 1. The maximum Gasteiger partial charge on any atom is 0.279 e. The van der Waals surface area contributed by atoms with E-state index in [4.69, 9.17) is 4.42 Å². The molecule has 0 radical (unpaired) electrons. The summed E-state index contributed by atoms with van der Waals surface area (Å²) < 4.78 is 19.6. The number of hydrogen-bond acceptors (Lipinski definition) is 5. The Kier molecular flexibility index (Phi) is 6.31. The minimum absolute atomic E-state index is 0.192. The fourth-order valence-corrected chi connectivity index (χ4v) is 3.42. The number of carbonyl (C=O) groups is 1. The zero-order valence-corrected chi connectivity index (χ0v) is 16.1. The molecule has 1 unspecified atom stereocenters. The zero-order chi connectivity index (χ0) is 19.2. The van der Waals surface area contributed by atoms with Crippen molar-refractivity contribution in [2.45, 2.75) is 26.8 Å². The molecule has 0 spiro atoms. The fraction of sp³-hybridized carbons (Fsp3) is 0.316. The fourth-order valence-electron chi connectivity index (χ4n) is 2.77. The minimum Gasteiger partial charge on any atom is -0.414 e. The molecule has 3 rings (SSSR count). The highest BCUT2D eigenvalue weighted by molar-refractivity contribution is 7.13. The van der Waals surface area contributed by atoms with Crippen molar-refractivity contribution in [3.05, 3.63) is 53.0 Å². The first kappa shape index (κ1) is 19.2. The summed E-state index contributed by atoms with van der Waals surface area (Å²) in [4.78, 5) is 14.2. The molecule has 2 N–H and O–H groups in total. The van der Waals surface area contributed by atoms with E-state index >= 15 is 0 Å². The average Bonchev–Trinajstić information content (AvgIpc) is 3.29. The van der Waals surface area contributed by atoms with Crippen LogP contribution in [0, 0.1) is 12.7 Å². The molecule has 142 valence electrons. The lowest BCUT2D eigenvalue weighted by atomic mass is 10.2. The second-order valence-electron chi connectivity index (χ2n) is 6.36. The molecule has 2 aromatic heterocycles. The molecule has 2 heterocycles. The molecule has 0 fully saturated rings. The summed E-state index contributed by atoms with van der Waals surface area (Å²) in [6.07, 6.45) is 0.896. The Morgan fingerprint density at radius 2 is 2.19 bits per heavy atom. The average molecular weight is 389 g/mol. The van der Waals surface area contributed by atoms with Gasteiger partial charge in [-0.05, 0) is 42.5 Å². The summed E-state index contributed by atoms with van der Waals surface area (Å²) in [6, 6.07) is 8.58. The van der Waals surface area contributed by atoms with E-state index in [9.17, 15) is 9.18 Å². The lowest BCUT2D eigenvalue weighted by Crippen LogP contribution is -3.11. The van der Waals surface area contributed by atoms with Crippen molar-refractivity contribution in [2.24, 2.45) is 0 Å². The second-order valence-corrected chi connectivity index (χ2v) is 7.31. The Bertz CT molecular complexity index is 895. The van der Waals surface area contributed by atoms with Gasteiger partial charge in [-0.1, -0.05) is 19.1 Å². The van der Waals surface area contributed by atoms with Gasteiger partial charge in [0.1, 0.15) is 5.82 Å². The lowest BCUT2D eigenvalue weighted by Gasteiger charge is -2.16. The monoisotopic (exact) mass is 389 g/mol. The number of anilines is 1. The third-order valence-corrected chi connectivity index (χ3v) is 4.87. The molecule has 3 aromatic rings. The van der Waals surface area contributed by atoms with Crippen molar-refractivity contribution in [3.8, 4) is 10.8 Å². The first-order valence-electron chi connectivity index (χ1n) is 8.81. The standard InChI is InChI=1S/C19H21FN4O2S/c1-3-8-24(11-17(25)21-15-7-6-13(2)10-14(15)20)12-18-22-23-19(26-18)16-5-4-9-27-16/h4-7,9-10H,3,8,11-12H2,1-2H3,(H,21,25)/p+1. The summed E-state index contributed by atoms with van der Waals surface area (Å²) >= 11 is 1.53. The highest BCUT2D eigenvalue weighted by atomic mass is 32.1. The number of rotatable bonds is 8. The smallest absolute Gasteiger partial charge is 0.279 e. The Labute approximate surface area is 161 Å². The Balaban J connectivity index is 1.62. The van der Waals surface area contributed by atoms with Crippen LogP contribution < -0.4 is 10.2 Å². The van der Waals surface area contributed by atoms with E-state index in [0.29, 0.717) is 18.3 Å². The molecule has 1 amide bonds. The van der Waals surface area contributed by atoms with Crippen LogP contribution in [-0.2, 0) is 11.3 Å². The van der Waals surface area contributed by atoms with E-state index in [-0.39, 0.29) is 18.1 Å². The van der Waals surface area contributed by atoms with Gasteiger partial charge in [0.25, 0.3) is 17.7 Å². The van der Waals surface area contributed by atoms with Crippen LogP contribution in [0.5, 0.6) is 0 Å². The second kappa shape index (κ2) is 8.88. The van der Waals surface area contributed by atoms with Gasteiger partial charge in [-0.2, -0.15) is 0 Å². The van der Waals surface area contributed by atoms with Crippen LogP contribution in [-0.4, -0.2) is 29.2 Å². The van der Waals surface area contributed by atoms with Crippen LogP contribution in [0.4, 0.5) is 10.1 Å². The van der Waals surface area contributed by atoms with E-state index in [2.05, 4.69) is 15.5 Å². The van der Waals surface area contributed by atoms with Crippen LogP contribution in [0.1, 0.15) is 24.8 Å². The molecular weight excluding hydrogens is 367 g/mol. The molecule has 27 heavy (non-hydrogen) atoms. The Morgan fingerprint density at radius 1 is 1.33 bits per heavy atom. The SMILES string of the molecule is CCC[NH+](CC(=O)Nc1ccc(C)cc1F)Cc1nnc(-c2cccs2)o1. The van der Waals surface area contributed by atoms with Crippen LogP contribution in [0.15, 0.2) is 40.1 Å². The highest BCUT2D eigenvalue weighted by Gasteiger charge is 2.19. The topological polar surface area (TPSA) is 72.5 Å². The number of nitrogens with one attached hydrogen (secondary N) is 2. The number of quaternary nitrogens is 1. The molecule has 0 aliphatic heterocycles. The molecule has 0 saturated carbocycles. The molecule has 1 aromatic carbocycles. The summed E-state index contributed by atoms with van der Waals surface area (Å²) in [7, 11) is 0. The minimum atomic E-state index is -0.433. The number of nitrogens with zero attached hydrogens (tertiary/aromatic N) is 2. The van der Waals surface area contributed by atoms with Gasteiger partial charge in [0.15, 0.2) is 13.1 Å². The number of aryl methyl sites for hydroxylation is 1. The summed E-state index contributed by atoms with van der Waals surface area (Å²) in [5, 5.41) is 12.7. The van der Waals surface area contributed by atoms with Gasteiger partial charge < -0.3 is 14.6 Å². The van der Waals surface area contributed by atoms with Crippen LogP contribution in [0.2, 0.25) is 0 Å². The van der Waals surface area contributed by atoms with E-state index < -0.39 is 5.82 Å². The number of amides is 1. The maximum absolute atomic E-state index is 13.9. The molecule has 1 atom stereocenters. The number of benzene rings is 1. The normalized spacial score (nSPS) is 12.1. The summed E-state index contributed by atoms with van der Waals surface area (Å²) in [5.41, 5.74) is 1.00. The van der Waals surface area contributed by atoms with Crippen molar-refractivity contribution < 1.29 is 18.5 Å². The van der Waals surface area contributed by atoms with E-state index in [1.54, 1.807) is 19.1 Å². The van der Waals surface area contributed by atoms with Gasteiger partial charge >= 0.3 is 0 Å². The predicted molar refractivity (Wildman–Crippen MR) is 102 cm³/mol. The third-order valence-electron chi connectivity index (χ3n) is 4.01. The van der Waals surface area contributed by atoms with Crippen molar-refractivity contribution >= 4 is 22.9 Å². The van der Waals surface area contributed by atoms with E-state index in [1.807, 2.05) is 24.4 Å². The quantitative estimate of drug-likeness (QED) is 0.621. The van der Waals surface area contributed by atoms with E-state index in [0.717, 1.165) is 28.3 Å². The zero-order valence-electron chi connectivity index (χ0n) is 15.3. The number of carbonyl (C=O) groups excluding carboxylic acids is 1. The van der Waals surface area contributed by atoms with Crippen molar-refractivity contribution in [1.82, 2.24) is 10.2 Å². The van der Waals surface area contributed by atoms with Gasteiger partial charge in [-0.3, -0.25) is 4.79 Å². The molecule has 0 bridgehead atoms. The third kappa shape index (κ3) is 5.21. The Morgan fingerprint density at radius 3 is 2.89 bits per heavy atom. The van der Waals surface area contributed by atoms with Crippen molar-refractivity contribution in [1.29, 1.82) is 0 Å². The number of thiophene rings is 1. The first-order chi connectivity index (χ1) is 13.0. The molecule has 6 nitrogen and oxygen atoms in total. The lowest BCUT2D eigenvalue weighted by molar-refractivity contribution is -0.907. The van der Waals surface area contributed by atoms with Crippen LogP contribution >= 0.6 is 11.3 Å². The van der Waals surface area contributed by atoms with Crippen LogP contribution in [0.3, 0.4) is 0 Å². The summed E-state index contributed by atoms with van der Waals surface area (Å²) in [5.74, 6) is 0.287. The Hall–Kier alpha value is -2.58. The molecule has 8 heteroatoms. The first-order valence-corrected chi connectivity index (χ1v) is 9.69. The van der Waals surface area contributed by atoms with Gasteiger partial charge in [-0.15, -0.1) is 21.5 Å². The van der Waals surface area contributed by atoms with Gasteiger partial charge in [0.2, 0.25) is 0 Å². The van der Waals surface area contributed by atoms with Gasteiger partial charge in [-0.25, -0.2) is 4.39 Å². The predicted octanol–water partition coefficient (Wildman–Crippen LogP) is 2.68. The van der Waals surface area contributed by atoms with E-state index in [1.165, 1.54) is 17.4 Å². The molecule has 0 saturated heterocycles. The van der Waals surface area contributed by atoms with Crippen LogP contribution in [0.25, 0.3) is 10.8 Å². The molecule has 0 aliphatic carbocycles. The maximum atomic E-state index is 13.9. The van der Waals surface area contributed by atoms with Gasteiger partial charge in [0, 0.05) is 0 Å². The largest absolute Gasteiger partial charge is 0.414 e.